The zero-order valence-electron chi connectivity index (χ0n) is 10.7. The minimum Gasteiger partial charge on any atom is -0.497 e. The van der Waals surface area contributed by atoms with E-state index in [4.69, 9.17) is 4.74 Å². The molecule has 0 aromatic heterocycles. The maximum Gasteiger partial charge on any atom is 0.119 e. The third kappa shape index (κ3) is 2.50. The van der Waals surface area contributed by atoms with Gasteiger partial charge in [0, 0.05) is 0 Å². The van der Waals surface area contributed by atoms with Crippen LogP contribution in [0.2, 0.25) is 0 Å². The smallest absolute Gasteiger partial charge is 0.119 e. The van der Waals surface area contributed by atoms with Crippen LogP contribution in [0.5, 0.6) is 5.75 Å². The van der Waals surface area contributed by atoms with Gasteiger partial charge in [-0.15, -0.1) is 0 Å². The zero-order valence-corrected chi connectivity index (χ0v) is 10.7. The number of hydrogen-bond donors (Lipinski definition) is 0. The SMILES string of the molecule is CCc1cc(OC)ccc1-c1ccc(C)cc1. The number of benzene rings is 2. The zero-order chi connectivity index (χ0) is 12.3. The number of ether oxygens (including phenoxy) is 1. The van der Waals surface area contributed by atoms with Crippen LogP contribution < -0.4 is 4.74 Å². The van der Waals surface area contributed by atoms with Crippen molar-refractivity contribution in [2.45, 2.75) is 20.3 Å². The molecule has 0 heterocycles. The molecule has 0 N–H and O–H groups in total. The van der Waals surface area contributed by atoms with Gasteiger partial charge in [-0.05, 0) is 42.2 Å². The van der Waals surface area contributed by atoms with Gasteiger partial charge in [0.25, 0.3) is 0 Å². The topological polar surface area (TPSA) is 9.23 Å². The summed E-state index contributed by atoms with van der Waals surface area (Å²) in [5.41, 5.74) is 5.19. The predicted molar refractivity (Wildman–Crippen MR) is 72.5 cm³/mol. The van der Waals surface area contributed by atoms with E-state index in [2.05, 4.69) is 50.2 Å². The molecule has 2 rings (SSSR count). The van der Waals surface area contributed by atoms with Gasteiger partial charge in [0.15, 0.2) is 0 Å². The molecule has 0 saturated carbocycles. The first kappa shape index (κ1) is 11.7. The molecule has 0 aliphatic heterocycles. The standard InChI is InChI=1S/C16H18O/c1-4-13-11-15(17-3)9-10-16(13)14-7-5-12(2)6-8-14/h5-11H,4H2,1-3H3. The molecule has 0 fully saturated rings. The fraction of sp³-hybridized carbons (Fsp3) is 0.250. The van der Waals surface area contributed by atoms with Crippen molar-refractivity contribution in [1.29, 1.82) is 0 Å². The van der Waals surface area contributed by atoms with Gasteiger partial charge >= 0.3 is 0 Å². The van der Waals surface area contributed by atoms with Crippen LogP contribution in [0.1, 0.15) is 18.1 Å². The lowest BCUT2D eigenvalue weighted by molar-refractivity contribution is 0.414. The van der Waals surface area contributed by atoms with Crippen molar-refractivity contribution in [3.63, 3.8) is 0 Å². The summed E-state index contributed by atoms with van der Waals surface area (Å²) in [7, 11) is 1.71. The van der Waals surface area contributed by atoms with Gasteiger partial charge in [-0.1, -0.05) is 42.8 Å². The predicted octanol–water partition coefficient (Wildman–Crippen LogP) is 4.23. The molecule has 0 amide bonds. The normalized spacial score (nSPS) is 10.3. The summed E-state index contributed by atoms with van der Waals surface area (Å²) in [6, 6.07) is 14.9. The fourth-order valence-electron chi connectivity index (χ4n) is 2.00. The Morgan fingerprint density at radius 2 is 1.71 bits per heavy atom. The highest BCUT2D eigenvalue weighted by atomic mass is 16.5. The van der Waals surface area contributed by atoms with E-state index in [1.165, 1.54) is 22.3 Å². The minimum absolute atomic E-state index is 0.928. The van der Waals surface area contributed by atoms with Crippen LogP contribution in [0.25, 0.3) is 11.1 Å². The van der Waals surface area contributed by atoms with Gasteiger partial charge in [0.2, 0.25) is 0 Å². The molecule has 2 aromatic rings. The number of hydrogen-bond acceptors (Lipinski definition) is 1. The molecule has 2 aromatic carbocycles. The largest absolute Gasteiger partial charge is 0.497 e. The van der Waals surface area contributed by atoms with E-state index in [-0.39, 0.29) is 0 Å². The first-order chi connectivity index (χ1) is 8.24. The first-order valence-electron chi connectivity index (χ1n) is 5.98. The molecule has 0 aliphatic carbocycles. The van der Waals surface area contributed by atoms with Crippen LogP contribution >= 0.6 is 0 Å². The molecule has 0 spiro atoms. The monoisotopic (exact) mass is 226 g/mol. The minimum atomic E-state index is 0.928. The second-order valence-corrected chi connectivity index (χ2v) is 4.24. The highest BCUT2D eigenvalue weighted by molar-refractivity contribution is 5.68. The van der Waals surface area contributed by atoms with E-state index < -0.39 is 0 Å². The van der Waals surface area contributed by atoms with Crippen molar-refractivity contribution in [2.75, 3.05) is 7.11 Å². The molecule has 0 aliphatic rings. The lowest BCUT2D eigenvalue weighted by Crippen LogP contribution is -1.90. The van der Waals surface area contributed by atoms with Crippen LogP contribution in [-0.2, 0) is 6.42 Å². The molecule has 0 unspecified atom stereocenters. The number of rotatable bonds is 3. The first-order valence-corrected chi connectivity index (χ1v) is 5.98. The molecule has 0 saturated heterocycles. The molecule has 1 nitrogen and oxygen atoms in total. The second-order valence-electron chi connectivity index (χ2n) is 4.24. The summed E-state index contributed by atoms with van der Waals surface area (Å²) in [5, 5.41) is 0. The van der Waals surface area contributed by atoms with Crippen molar-refractivity contribution in [1.82, 2.24) is 0 Å². The van der Waals surface area contributed by atoms with Gasteiger partial charge in [0.05, 0.1) is 7.11 Å². The molecule has 17 heavy (non-hydrogen) atoms. The molecule has 0 bridgehead atoms. The number of aryl methyl sites for hydroxylation is 2. The Hall–Kier alpha value is -1.76. The summed E-state index contributed by atoms with van der Waals surface area (Å²) in [6.07, 6.45) is 1.01. The van der Waals surface area contributed by atoms with Crippen molar-refractivity contribution in [3.8, 4) is 16.9 Å². The van der Waals surface area contributed by atoms with Gasteiger partial charge in [-0.3, -0.25) is 0 Å². The highest BCUT2D eigenvalue weighted by Crippen LogP contribution is 2.27. The third-order valence-corrected chi connectivity index (χ3v) is 3.06. The van der Waals surface area contributed by atoms with Crippen molar-refractivity contribution < 1.29 is 4.74 Å². The molecule has 88 valence electrons. The van der Waals surface area contributed by atoms with Gasteiger partial charge in [-0.25, -0.2) is 0 Å². The summed E-state index contributed by atoms with van der Waals surface area (Å²) in [6.45, 7) is 4.28. The quantitative estimate of drug-likeness (QED) is 0.761. The second kappa shape index (κ2) is 5.05. The summed E-state index contributed by atoms with van der Waals surface area (Å²) in [5.74, 6) is 0.928. The summed E-state index contributed by atoms with van der Waals surface area (Å²) < 4.78 is 5.27. The van der Waals surface area contributed by atoms with Gasteiger partial charge < -0.3 is 4.74 Å². The highest BCUT2D eigenvalue weighted by Gasteiger charge is 2.05. The lowest BCUT2D eigenvalue weighted by Gasteiger charge is -2.10. The van der Waals surface area contributed by atoms with Crippen molar-refractivity contribution in [2.24, 2.45) is 0 Å². The molecule has 0 radical (unpaired) electrons. The Morgan fingerprint density at radius 3 is 2.29 bits per heavy atom. The summed E-state index contributed by atoms with van der Waals surface area (Å²) in [4.78, 5) is 0. The Kier molecular flexibility index (Phi) is 3.48. The van der Waals surface area contributed by atoms with E-state index in [0.717, 1.165) is 12.2 Å². The average molecular weight is 226 g/mol. The molecular formula is C16H18O. The molecule has 0 atom stereocenters. The van der Waals surface area contributed by atoms with E-state index in [9.17, 15) is 0 Å². The Labute approximate surface area is 103 Å². The van der Waals surface area contributed by atoms with Crippen LogP contribution in [0.4, 0.5) is 0 Å². The van der Waals surface area contributed by atoms with Crippen molar-refractivity contribution in [3.05, 3.63) is 53.6 Å². The van der Waals surface area contributed by atoms with Crippen LogP contribution in [0.3, 0.4) is 0 Å². The molecule has 1 heteroatoms. The Balaban J connectivity index is 2.47. The third-order valence-electron chi connectivity index (χ3n) is 3.06. The van der Waals surface area contributed by atoms with Crippen LogP contribution in [0, 0.1) is 6.92 Å². The average Bonchev–Trinajstić information content (AvgIpc) is 2.39. The van der Waals surface area contributed by atoms with Gasteiger partial charge in [-0.2, -0.15) is 0 Å². The lowest BCUT2D eigenvalue weighted by atomic mass is 9.97. The molecular weight excluding hydrogens is 208 g/mol. The van der Waals surface area contributed by atoms with E-state index in [0.29, 0.717) is 0 Å². The van der Waals surface area contributed by atoms with Gasteiger partial charge in [0.1, 0.15) is 5.75 Å². The Morgan fingerprint density at radius 1 is 1.00 bits per heavy atom. The van der Waals surface area contributed by atoms with Crippen molar-refractivity contribution >= 4 is 0 Å². The van der Waals surface area contributed by atoms with Crippen LogP contribution in [-0.4, -0.2) is 7.11 Å². The fourth-order valence-corrected chi connectivity index (χ4v) is 2.00. The van der Waals surface area contributed by atoms with E-state index in [1.807, 2.05) is 6.07 Å². The maximum absolute atomic E-state index is 5.27. The number of methoxy groups -OCH3 is 1. The maximum atomic E-state index is 5.27. The van der Waals surface area contributed by atoms with Crippen LogP contribution in [0.15, 0.2) is 42.5 Å². The van der Waals surface area contributed by atoms with E-state index in [1.54, 1.807) is 7.11 Å². The summed E-state index contributed by atoms with van der Waals surface area (Å²) >= 11 is 0. The van der Waals surface area contributed by atoms with E-state index >= 15 is 0 Å². The Bertz CT molecular complexity index is 497.